The second-order valence-electron chi connectivity index (χ2n) is 8.32. The number of carbonyl (C=O) groups excluding carboxylic acids is 1. The maximum atomic E-state index is 11.4. The van der Waals surface area contributed by atoms with Gasteiger partial charge in [0.15, 0.2) is 5.96 Å². The highest BCUT2D eigenvalue weighted by Crippen LogP contribution is 2.24. The number of nitrogens with zero attached hydrogens (tertiary/aromatic N) is 4. The zero-order valence-corrected chi connectivity index (χ0v) is 21.1. The number of guanidine groups is 1. The number of pyridine rings is 1. The Labute approximate surface area is 203 Å². The van der Waals surface area contributed by atoms with E-state index in [-0.39, 0.29) is 35.8 Å². The molecule has 2 aliphatic rings. The zero-order chi connectivity index (χ0) is 21.3. The summed E-state index contributed by atoms with van der Waals surface area (Å²) >= 11 is 0. The summed E-state index contributed by atoms with van der Waals surface area (Å²) in [6.45, 7) is 5.02. The van der Waals surface area contributed by atoms with Crippen LogP contribution in [0.25, 0.3) is 0 Å². The molecule has 0 radical (unpaired) electrons. The minimum absolute atomic E-state index is 0. The van der Waals surface area contributed by atoms with Gasteiger partial charge < -0.3 is 25.6 Å². The number of aliphatic imine (C=N–C) groups is 1. The van der Waals surface area contributed by atoms with E-state index >= 15 is 0 Å². The molecule has 9 heteroatoms. The van der Waals surface area contributed by atoms with Gasteiger partial charge in [-0.05, 0) is 44.1 Å². The lowest BCUT2D eigenvalue weighted by Gasteiger charge is -2.33. The molecule has 1 aromatic rings. The zero-order valence-electron chi connectivity index (χ0n) is 18.8. The summed E-state index contributed by atoms with van der Waals surface area (Å²) in [6, 6.07) is 4.07. The summed E-state index contributed by atoms with van der Waals surface area (Å²) in [6.07, 6.45) is 6.88. The number of halogens is 1. The molecule has 0 spiro atoms. The fourth-order valence-corrected chi connectivity index (χ4v) is 4.31. The number of rotatable bonds is 7. The summed E-state index contributed by atoms with van der Waals surface area (Å²) < 4.78 is 5.46. The highest BCUT2D eigenvalue weighted by Gasteiger charge is 2.25. The third kappa shape index (κ3) is 7.48. The summed E-state index contributed by atoms with van der Waals surface area (Å²) in [5.41, 5.74) is 6.60. The van der Waals surface area contributed by atoms with Crippen LogP contribution in [0, 0.1) is 11.8 Å². The summed E-state index contributed by atoms with van der Waals surface area (Å²) in [7, 11) is 3.92. The van der Waals surface area contributed by atoms with E-state index in [1.165, 1.54) is 0 Å². The van der Waals surface area contributed by atoms with Crippen molar-refractivity contribution in [1.29, 1.82) is 0 Å². The topological polar surface area (TPSA) is 96.1 Å². The molecule has 3 heterocycles. The van der Waals surface area contributed by atoms with Crippen LogP contribution in [0.2, 0.25) is 0 Å². The van der Waals surface area contributed by atoms with Crippen molar-refractivity contribution in [2.45, 2.75) is 38.6 Å². The van der Waals surface area contributed by atoms with Crippen molar-refractivity contribution >= 4 is 41.7 Å². The Kier molecular flexibility index (Phi) is 10.8. The average molecular weight is 544 g/mol. The molecule has 2 aliphatic heterocycles. The molecule has 2 fully saturated rings. The molecule has 3 rings (SSSR count). The van der Waals surface area contributed by atoms with Gasteiger partial charge in [-0.3, -0.25) is 9.79 Å². The smallest absolute Gasteiger partial charge is 0.220 e. The van der Waals surface area contributed by atoms with Gasteiger partial charge in [0, 0.05) is 71.2 Å². The van der Waals surface area contributed by atoms with Gasteiger partial charge in [-0.15, -0.1) is 24.0 Å². The van der Waals surface area contributed by atoms with E-state index in [9.17, 15) is 4.79 Å². The second-order valence-corrected chi connectivity index (χ2v) is 8.32. The first-order valence-electron chi connectivity index (χ1n) is 11.1. The van der Waals surface area contributed by atoms with Gasteiger partial charge >= 0.3 is 0 Å². The molecule has 3 N–H and O–H groups in total. The average Bonchev–Trinajstić information content (AvgIpc) is 2.79. The highest BCUT2D eigenvalue weighted by molar-refractivity contribution is 14.0. The van der Waals surface area contributed by atoms with Gasteiger partial charge in [0.25, 0.3) is 0 Å². The maximum Gasteiger partial charge on any atom is 0.220 e. The number of hydrogen-bond donors (Lipinski definition) is 2. The third-order valence-corrected chi connectivity index (χ3v) is 6.29. The highest BCUT2D eigenvalue weighted by atomic mass is 127. The Morgan fingerprint density at radius 1 is 1.32 bits per heavy atom. The van der Waals surface area contributed by atoms with Gasteiger partial charge in [0.1, 0.15) is 5.82 Å². The van der Waals surface area contributed by atoms with Crippen LogP contribution in [0.3, 0.4) is 0 Å². The SMILES string of the molecule is CN=C(NCc1cccnc1N1CCC(C(N)=O)CC1)N(C)CCC1CCOCC1.I. The number of aromatic nitrogens is 1. The predicted molar refractivity (Wildman–Crippen MR) is 135 cm³/mol. The van der Waals surface area contributed by atoms with Crippen LogP contribution in [-0.2, 0) is 16.1 Å². The molecule has 174 valence electrons. The first-order chi connectivity index (χ1) is 14.6. The number of anilines is 1. The van der Waals surface area contributed by atoms with Crippen molar-refractivity contribution in [2.75, 3.05) is 51.8 Å². The molecular formula is C22H37IN6O2. The summed E-state index contributed by atoms with van der Waals surface area (Å²) in [4.78, 5) is 25.0. The number of hydrogen-bond acceptors (Lipinski definition) is 5. The first kappa shape index (κ1) is 25.6. The van der Waals surface area contributed by atoms with Gasteiger partial charge in [0.05, 0.1) is 0 Å². The predicted octanol–water partition coefficient (Wildman–Crippen LogP) is 2.23. The van der Waals surface area contributed by atoms with Gasteiger partial charge in [0.2, 0.25) is 5.91 Å². The third-order valence-electron chi connectivity index (χ3n) is 6.29. The van der Waals surface area contributed by atoms with E-state index in [0.29, 0.717) is 6.54 Å². The number of piperidine rings is 1. The Hall–Kier alpha value is -1.62. The van der Waals surface area contributed by atoms with Gasteiger partial charge in [-0.25, -0.2) is 4.98 Å². The molecule has 1 amide bonds. The van der Waals surface area contributed by atoms with Crippen LogP contribution in [0.4, 0.5) is 5.82 Å². The fraction of sp³-hybridized carbons (Fsp3) is 0.682. The van der Waals surface area contributed by atoms with E-state index in [1.54, 1.807) is 0 Å². The summed E-state index contributed by atoms with van der Waals surface area (Å²) in [5.74, 6) is 2.41. The number of nitrogens with one attached hydrogen (secondary N) is 1. The van der Waals surface area contributed by atoms with E-state index in [1.807, 2.05) is 19.3 Å². The number of primary amides is 1. The minimum atomic E-state index is -0.190. The van der Waals surface area contributed by atoms with Crippen molar-refractivity contribution in [3.05, 3.63) is 23.9 Å². The van der Waals surface area contributed by atoms with Crippen LogP contribution in [0.1, 0.15) is 37.7 Å². The van der Waals surface area contributed by atoms with Gasteiger partial charge in [-0.2, -0.15) is 0 Å². The molecule has 0 atom stereocenters. The largest absolute Gasteiger partial charge is 0.381 e. The van der Waals surface area contributed by atoms with Gasteiger partial charge in [-0.1, -0.05) is 6.07 Å². The van der Waals surface area contributed by atoms with Crippen molar-refractivity contribution in [1.82, 2.24) is 15.2 Å². The summed E-state index contributed by atoms with van der Waals surface area (Å²) in [5, 5.41) is 3.49. The van der Waals surface area contributed by atoms with E-state index < -0.39 is 0 Å². The quantitative estimate of drug-likeness (QED) is 0.311. The fourth-order valence-electron chi connectivity index (χ4n) is 4.31. The molecule has 0 saturated carbocycles. The van der Waals surface area contributed by atoms with E-state index in [4.69, 9.17) is 10.5 Å². The molecule has 2 saturated heterocycles. The lowest BCUT2D eigenvalue weighted by atomic mass is 9.96. The van der Waals surface area contributed by atoms with Crippen LogP contribution in [0.15, 0.2) is 23.3 Å². The molecule has 1 aromatic heterocycles. The van der Waals surface area contributed by atoms with Crippen LogP contribution in [-0.4, -0.2) is 68.7 Å². The standard InChI is InChI=1S/C22H36N6O2.HI/c1-24-22(27(2)11-5-17-8-14-30-15-9-17)26-16-19-4-3-10-25-21(19)28-12-6-18(7-13-28)20(23)29;/h3-4,10,17-18H,5-9,11-16H2,1-2H3,(H2,23,29)(H,24,26);1H. The Morgan fingerprint density at radius 3 is 2.68 bits per heavy atom. The van der Waals surface area contributed by atoms with Crippen molar-refractivity contribution in [3.8, 4) is 0 Å². The molecule has 8 nitrogen and oxygen atoms in total. The lowest BCUT2D eigenvalue weighted by molar-refractivity contribution is -0.122. The molecule has 31 heavy (non-hydrogen) atoms. The van der Waals surface area contributed by atoms with Crippen molar-refractivity contribution in [3.63, 3.8) is 0 Å². The monoisotopic (exact) mass is 544 g/mol. The second kappa shape index (κ2) is 13.0. The first-order valence-corrected chi connectivity index (χ1v) is 11.1. The number of amides is 1. The normalized spacial score (nSPS) is 18.4. The van der Waals surface area contributed by atoms with E-state index in [2.05, 4.69) is 38.2 Å². The number of nitrogens with two attached hydrogens (primary N) is 1. The Balaban J connectivity index is 0.00000341. The van der Waals surface area contributed by atoms with Crippen LogP contribution < -0.4 is 16.0 Å². The minimum Gasteiger partial charge on any atom is -0.381 e. The molecule has 0 bridgehead atoms. The Bertz CT molecular complexity index is 718. The molecule has 0 aliphatic carbocycles. The van der Waals surface area contributed by atoms with E-state index in [0.717, 1.165) is 88.2 Å². The maximum absolute atomic E-state index is 11.4. The number of ether oxygens (including phenoxy) is 1. The molecule has 0 unspecified atom stereocenters. The van der Waals surface area contributed by atoms with Crippen molar-refractivity contribution in [2.24, 2.45) is 22.6 Å². The number of carbonyl (C=O) groups is 1. The van der Waals surface area contributed by atoms with Crippen molar-refractivity contribution < 1.29 is 9.53 Å². The Morgan fingerprint density at radius 2 is 2.03 bits per heavy atom. The molecule has 0 aromatic carbocycles. The lowest BCUT2D eigenvalue weighted by Crippen LogP contribution is -2.41. The van der Waals surface area contributed by atoms with Crippen LogP contribution in [0.5, 0.6) is 0 Å². The molecular weight excluding hydrogens is 507 g/mol. The van der Waals surface area contributed by atoms with Crippen LogP contribution >= 0.6 is 24.0 Å².